The van der Waals surface area contributed by atoms with Crippen molar-refractivity contribution in [3.05, 3.63) is 28.8 Å². The first kappa shape index (κ1) is 15.2. The van der Waals surface area contributed by atoms with Crippen molar-refractivity contribution in [1.29, 1.82) is 0 Å². The summed E-state index contributed by atoms with van der Waals surface area (Å²) in [5, 5.41) is 6.53. The van der Waals surface area contributed by atoms with Gasteiger partial charge in [-0.15, -0.1) is 0 Å². The van der Waals surface area contributed by atoms with Gasteiger partial charge >= 0.3 is 0 Å². The van der Waals surface area contributed by atoms with E-state index in [1.54, 1.807) is 19.2 Å². The van der Waals surface area contributed by atoms with Gasteiger partial charge in [0.1, 0.15) is 0 Å². The van der Waals surface area contributed by atoms with Crippen molar-refractivity contribution in [2.24, 2.45) is 0 Å². The molecule has 3 nitrogen and oxygen atoms in total. The molecule has 1 aromatic carbocycles. The highest BCUT2D eigenvalue weighted by Gasteiger charge is 2.13. The number of anilines is 1. The van der Waals surface area contributed by atoms with Crippen LogP contribution in [0.25, 0.3) is 0 Å². The van der Waals surface area contributed by atoms with Gasteiger partial charge in [-0.1, -0.05) is 18.5 Å². The van der Waals surface area contributed by atoms with Crippen molar-refractivity contribution in [2.45, 2.75) is 19.9 Å². The summed E-state index contributed by atoms with van der Waals surface area (Å²) in [7, 11) is 1.79. The molecule has 0 spiro atoms. The zero-order chi connectivity index (χ0) is 13.5. The lowest BCUT2D eigenvalue weighted by Crippen LogP contribution is -2.34. The van der Waals surface area contributed by atoms with E-state index in [1.165, 1.54) is 0 Å². The van der Waals surface area contributed by atoms with E-state index in [0.717, 1.165) is 17.2 Å². The number of halogens is 1. The Balaban J connectivity index is 2.74. The highest BCUT2D eigenvalue weighted by Crippen LogP contribution is 2.20. The zero-order valence-corrected chi connectivity index (χ0v) is 12.5. The van der Waals surface area contributed by atoms with Crippen molar-refractivity contribution in [3.8, 4) is 0 Å². The second-order valence-corrected chi connectivity index (χ2v) is 5.73. The average Bonchev–Trinajstić information content (AvgIpc) is 2.36. The van der Waals surface area contributed by atoms with Gasteiger partial charge in [-0.05, 0) is 30.9 Å². The van der Waals surface area contributed by atoms with Crippen molar-refractivity contribution < 1.29 is 4.79 Å². The number of hydrogen-bond acceptors (Lipinski definition) is 3. The Bertz CT molecular complexity index is 412. The van der Waals surface area contributed by atoms with Gasteiger partial charge < -0.3 is 10.6 Å². The summed E-state index contributed by atoms with van der Waals surface area (Å²) in [4.78, 5) is 12.1. The van der Waals surface area contributed by atoms with Crippen LogP contribution in [0.5, 0.6) is 0 Å². The van der Waals surface area contributed by atoms with E-state index in [-0.39, 0.29) is 11.9 Å². The normalized spacial score (nSPS) is 12.0. The smallest absolute Gasteiger partial charge is 0.253 e. The molecule has 1 amide bonds. The van der Waals surface area contributed by atoms with Crippen LogP contribution in [0, 0.1) is 0 Å². The van der Waals surface area contributed by atoms with Crippen LogP contribution < -0.4 is 10.6 Å². The van der Waals surface area contributed by atoms with Gasteiger partial charge in [0.2, 0.25) is 0 Å². The molecule has 1 aromatic rings. The molecule has 1 rings (SSSR count). The first-order valence-electron chi connectivity index (χ1n) is 5.94. The fraction of sp³-hybridized carbons (Fsp3) is 0.462. The van der Waals surface area contributed by atoms with E-state index in [4.69, 9.17) is 11.6 Å². The summed E-state index contributed by atoms with van der Waals surface area (Å²) in [6.07, 6.45) is 0. The lowest BCUT2D eigenvalue weighted by atomic mass is 10.1. The minimum atomic E-state index is -0.0916. The van der Waals surface area contributed by atoms with Crippen LogP contribution in [0.1, 0.15) is 24.2 Å². The van der Waals surface area contributed by atoms with Crippen molar-refractivity contribution in [2.75, 3.05) is 23.9 Å². The number of hydrogen-bond donors (Lipinski definition) is 2. The summed E-state index contributed by atoms with van der Waals surface area (Å²) in [5.41, 5.74) is 1.37. The van der Waals surface area contributed by atoms with Gasteiger partial charge in [-0.25, -0.2) is 0 Å². The molecule has 0 aliphatic rings. The predicted octanol–water partition coefficient (Wildman–Crippen LogP) is 3.25. The number of rotatable bonds is 6. The van der Waals surface area contributed by atoms with Crippen molar-refractivity contribution in [3.63, 3.8) is 0 Å². The van der Waals surface area contributed by atoms with Crippen LogP contribution >= 0.6 is 23.4 Å². The number of amides is 1. The molecular weight excluding hydrogens is 268 g/mol. The molecule has 5 heteroatoms. The second-order valence-electron chi connectivity index (χ2n) is 3.97. The van der Waals surface area contributed by atoms with Crippen LogP contribution in [-0.4, -0.2) is 30.5 Å². The van der Waals surface area contributed by atoms with Crippen molar-refractivity contribution in [1.82, 2.24) is 5.32 Å². The summed E-state index contributed by atoms with van der Waals surface area (Å²) in [5.74, 6) is 1.88. The molecule has 0 saturated carbocycles. The van der Waals surface area contributed by atoms with Gasteiger partial charge in [-0.3, -0.25) is 4.79 Å². The SMILES string of the molecule is CCSCC(C)NC(=O)c1cc(Cl)ccc1NC. The molecule has 1 atom stereocenters. The maximum atomic E-state index is 12.1. The highest BCUT2D eigenvalue weighted by atomic mass is 35.5. The number of nitrogens with one attached hydrogen (secondary N) is 2. The minimum Gasteiger partial charge on any atom is -0.387 e. The highest BCUT2D eigenvalue weighted by molar-refractivity contribution is 7.99. The number of benzene rings is 1. The van der Waals surface area contributed by atoms with E-state index >= 15 is 0 Å². The molecule has 0 heterocycles. The third-order valence-corrected chi connectivity index (χ3v) is 3.82. The second kappa shape index (κ2) is 7.54. The minimum absolute atomic E-state index is 0.0916. The van der Waals surface area contributed by atoms with E-state index < -0.39 is 0 Å². The largest absolute Gasteiger partial charge is 0.387 e. The Morgan fingerprint density at radius 1 is 1.50 bits per heavy atom. The molecule has 100 valence electrons. The van der Waals surface area contributed by atoms with E-state index in [1.807, 2.05) is 24.8 Å². The summed E-state index contributed by atoms with van der Waals surface area (Å²) in [6.45, 7) is 4.11. The Hall–Kier alpha value is -0.870. The fourth-order valence-corrected chi connectivity index (χ4v) is 2.40. The van der Waals surface area contributed by atoms with Gasteiger partial charge in [0.05, 0.1) is 5.56 Å². The molecule has 2 N–H and O–H groups in total. The quantitative estimate of drug-likeness (QED) is 0.843. The molecule has 0 aromatic heterocycles. The lowest BCUT2D eigenvalue weighted by Gasteiger charge is -2.15. The molecule has 0 aliphatic heterocycles. The Morgan fingerprint density at radius 3 is 2.83 bits per heavy atom. The van der Waals surface area contributed by atoms with E-state index in [0.29, 0.717) is 10.6 Å². The average molecular weight is 287 g/mol. The number of carbonyl (C=O) groups excluding carboxylic acids is 1. The molecule has 0 bridgehead atoms. The maximum Gasteiger partial charge on any atom is 0.253 e. The predicted molar refractivity (Wildman–Crippen MR) is 80.9 cm³/mol. The summed E-state index contributed by atoms with van der Waals surface area (Å²) >= 11 is 7.74. The third kappa shape index (κ3) is 4.42. The standard InChI is InChI=1S/C13H19ClN2OS/c1-4-18-8-9(2)16-13(17)11-7-10(14)5-6-12(11)15-3/h5-7,9,15H,4,8H2,1-3H3,(H,16,17). The van der Waals surface area contributed by atoms with Crippen LogP contribution in [0.15, 0.2) is 18.2 Å². The Kier molecular flexibility index (Phi) is 6.36. The van der Waals surface area contributed by atoms with Crippen molar-refractivity contribution >= 4 is 35.0 Å². The van der Waals surface area contributed by atoms with Crippen LogP contribution in [-0.2, 0) is 0 Å². The monoisotopic (exact) mass is 286 g/mol. The van der Waals surface area contributed by atoms with Gasteiger partial charge in [-0.2, -0.15) is 11.8 Å². The first-order valence-corrected chi connectivity index (χ1v) is 7.47. The first-order chi connectivity index (χ1) is 8.58. The lowest BCUT2D eigenvalue weighted by molar-refractivity contribution is 0.0944. The Labute approximate surface area is 118 Å². The van der Waals surface area contributed by atoms with Gasteiger partial charge in [0.25, 0.3) is 5.91 Å². The summed E-state index contributed by atoms with van der Waals surface area (Å²) < 4.78 is 0. The van der Waals surface area contributed by atoms with Crippen LogP contribution in [0.3, 0.4) is 0 Å². The van der Waals surface area contributed by atoms with E-state index in [2.05, 4.69) is 17.6 Å². The molecule has 0 saturated heterocycles. The summed E-state index contributed by atoms with van der Waals surface area (Å²) in [6, 6.07) is 5.40. The molecule has 0 fully saturated rings. The molecule has 0 radical (unpaired) electrons. The van der Waals surface area contributed by atoms with Crippen LogP contribution in [0.4, 0.5) is 5.69 Å². The Morgan fingerprint density at radius 2 is 2.22 bits per heavy atom. The fourth-order valence-electron chi connectivity index (χ4n) is 1.56. The van der Waals surface area contributed by atoms with Gasteiger partial charge in [0.15, 0.2) is 0 Å². The third-order valence-electron chi connectivity index (χ3n) is 2.45. The zero-order valence-electron chi connectivity index (χ0n) is 10.9. The molecule has 0 aliphatic carbocycles. The van der Waals surface area contributed by atoms with E-state index in [9.17, 15) is 4.79 Å². The van der Waals surface area contributed by atoms with Crippen LogP contribution in [0.2, 0.25) is 5.02 Å². The maximum absolute atomic E-state index is 12.1. The molecule has 1 unspecified atom stereocenters. The molecule has 18 heavy (non-hydrogen) atoms. The topological polar surface area (TPSA) is 41.1 Å². The van der Waals surface area contributed by atoms with Gasteiger partial charge in [0, 0.05) is 29.6 Å². The molecular formula is C13H19ClN2OS. The number of carbonyl (C=O) groups is 1. The number of thioether (sulfide) groups is 1.